The lowest BCUT2D eigenvalue weighted by molar-refractivity contribution is -0.123. The van der Waals surface area contributed by atoms with Crippen molar-refractivity contribution in [3.05, 3.63) is 69.7 Å². The van der Waals surface area contributed by atoms with E-state index in [1.807, 2.05) is 75.3 Å². The number of amides is 3. The van der Waals surface area contributed by atoms with Crippen LogP contribution in [0, 0.1) is 13.8 Å². The first-order valence-corrected chi connectivity index (χ1v) is 13.4. The van der Waals surface area contributed by atoms with Gasteiger partial charge in [0.15, 0.2) is 5.69 Å². The predicted octanol–water partition coefficient (Wildman–Crippen LogP) is 3.95. The van der Waals surface area contributed by atoms with Crippen LogP contribution >= 0.6 is 11.5 Å². The van der Waals surface area contributed by atoms with Crippen LogP contribution < -0.4 is 26.6 Å². The third kappa shape index (κ3) is 5.65. The standard InChI is InChI=1S/C28H34N6O3S/c1-16-13-17(2)15-21(14-16)34(28(37)25-22(29)23(26(30)35)32-38-25)24(27(36)31-19-7-5-6-8-19)18-9-11-20(12-10-18)33(3)4/h9-15,19,24H,5-8,29H2,1-4H3,(H2,30,35)(H,31,36)/t24-/m1/s1. The first-order valence-electron chi connectivity index (χ1n) is 12.6. The molecule has 200 valence electrons. The number of nitrogens with one attached hydrogen (secondary N) is 1. The van der Waals surface area contributed by atoms with Crippen LogP contribution in [-0.2, 0) is 4.79 Å². The highest BCUT2D eigenvalue weighted by Gasteiger charge is 2.37. The van der Waals surface area contributed by atoms with Crippen molar-refractivity contribution < 1.29 is 14.4 Å². The topological polar surface area (TPSA) is 135 Å². The fraction of sp³-hybridized carbons (Fsp3) is 0.357. The molecule has 38 heavy (non-hydrogen) atoms. The molecule has 3 amide bonds. The summed E-state index contributed by atoms with van der Waals surface area (Å²) < 4.78 is 4.03. The molecule has 1 fully saturated rings. The quantitative estimate of drug-likeness (QED) is 0.401. The first kappa shape index (κ1) is 27.1. The molecule has 1 atom stereocenters. The lowest BCUT2D eigenvalue weighted by Gasteiger charge is -2.33. The molecular weight excluding hydrogens is 500 g/mol. The molecule has 0 spiro atoms. The first-order chi connectivity index (χ1) is 18.1. The molecule has 0 bridgehead atoms. The molecule has 0 aliphatic heterocycles. The molecule has 1 aliphatic rings. The van der Waals surface area contributed by atoms with E-state index in [1.165, 1.54) is 4.90 Å². The molecule has 1 aliphatic carbocycles. The van der Waals surface area contributed by atoms with Gasteiger partial charge in [-0.05, 0) is 79.2 Å². The largest absolute Gasteiger partial charge is 0.395 e. The minimum atomic E-state index is -0.987. The number of nitrogen functional groups attached to an aromatic ring is 1. The minimum absolute atomic E-state index is 0.0529. The molecule has 10 heteroatoms. The van der Waals surface area contributed by atoms with Gasteiger partial charge in [0.25, 0.3) is 11.8 Å². The number of carbonyl (C=O) groups excluding carboxylic acids is 3. The summed E-state index contributed by atoms with van der Waals surface area (Å²) in [5.41, 5.74) is 15.4. The Labute approximate surface area is 227 Å². The number of hydrogen-bond acceptors (Lipinski definition) is 7. The second-order valence-electron chi connectivity index (χ2n) is 10.0. The Bertz CT molecular complexity index is 1320. The maximum absolute atomic E-state index is 14.2. The van der Waals surface area contributed by atoms with Gasteiger partial charge in [0.05, 0.1) is 5.69 Å². The van der Waals surface area contributed by atoms with E-state index >= 15 is 0 Å². The van der Waals surface area contributed by atoms with E-state index in [0.717, 1.165) is 54.0 Å². The number of aryl methyl sites for hydroxylation is 2. The second kappa shape index (κ2) is 11.2. The highest BCUT2D eigenvalue weighted by atomic mass is 32.1. The number of carbonyl (C=O) groups is 3. The van der Waals surface area contributed by atoms with Crippen molar-refractivity contribution in [3.63, 3.8) is 0 Å². The third-order valence-electron chi connectivity index (χ3n) is 6.79. The van der Waals surface area contributed by atoms with Crippen molar-refractivity contribution in [2.75, 3.05) is 29.6 Å². The highest BCUT2D eigenvalue weighted by molar-refractivity contribution is 7.09. The average molecular weight is 535 g/mol. The SMILES string of the molecule is Cc1cc(C)cc(N(C(=O)c2snc(C(N)=O)c2N)[C@@H](C(=O)NC2CCCC2)c2ccc(N(C)C)cc2)c1. The molecule has 2 aromatic carbocycles. The molecule has 0 saturated heterocycles. The minimum Gasteiger partial charge on any atom is -0.395 e. The van der Waals surface area contributed by atoms with Gasteiger partial charge in [-0.3, -0.25) is 19.3 Å². The lowest BCUT2D eigenvalue weighted by atomic mass is 10.00. The van der Waals surface area contributed by atoms with Crippen molar-refractivity contribution >= 4 is 46.3 Å². The Hall–Kier alpha value is -3.92. The van der Waals surface area contributed by atoms with Gasteiger partial charge in [0, 0.05) is 31.5 Å². The van der Waals surface area contributed by atoms with Crippen LogP contribution in [0.3, 0.4) is 0 Å². The molecule has 5 N–H and O–H groups in total. The van der Waals surface area contributed by atoms with Gasteiger partial charge in [-0.1, -0.05) is 31.0 Å². The maximum Gasteiger partial charge on any atom is 0.273 e. The number of aromatic nitrogens is 1. The van der Waals surface area contributed by atoms with E-state index in [2.05, 4.69) is 9.69 Å². The van der Waals surface area contributed by atoms with E-state index in [0.29, 0.717) is 11.3 Å². The molecule has 1 heterocycles. The highest BCUT2D eigenvalue weighted by Crippen LogP contribution is 2.35. The van der Waals surface area contributed by atoms with Gasteiger partial charge in [-0.15, -0.1) is 0 Å². The lowest BCUT2D eigenvalue weighted by Crippen LogP contribution is -2.46. The summed E-state index contributed by atoms with van der Waals surface area (Å²) in [6.45, 7) is 3.87. The van der Waals surface area contributed by atoms with Gasteiger partial charge >= 0.3 is 0 Å². The molecule has 0 radical (unpaired) electrons. The average Bonchev–Trinajstić information content (AvgIpc) is 3.51. The van der Waals surface area contributed by atoms with Crippen molar-refractivity contribution in [3.8, 4) is 0 Å². The van der Waals surface area contributed by atoms with E-state index in [1.54, 1.807) is 0 Å². The predicted molar refractivity (Wildman–Crippen MR) is 152 cm³/mol. The Morgan fingerprint density at radius 3 is 2.13 bits per heavy atom. The van der Waals surface area contributed by atoms with Crippen molar-refractivity contribution in [2.24, 2.45) is 5.73 Å². The molecule has 0 unspecified atom stereocenters. The summed E-state index contributed by atoms with van der Waals surface area (Å²) >= 11 is 0.802. The number of nitrogens with zero attached hydrogens (tertiary/aromatic N) is 3. The number of hydrogen-bond donors (Lipinski definition) is 3. The van der Waals surface area contributed by atoms with Gasteiger partial charge in [-0.2, -0.15) is 4.37 Å². The zero-order chi connectivity index (χ0) is 27.6. The Morgan fingerprint density at radius 1 is 1.00 bits per heavy atom. The van der Waals surface area contributed by atoms with Crippen LogP contribution in [-0.4, -0.2) is 42.2 Å². The zero-order valence-corrected chi connectivity index (χ0v) is 23.0. The second-order valence-corrected chi connectivity index (χ2v) is 10.8. The fourth-order valence-electron chi connectivity index (χ4n) is 4.93. The van der Waals surface area contributed by atoms with E-state index in [4.69, 9.17) is 11.5 Å². The van der Waals surface area contributed by atoms with Crippen molar-refractivity contribution in [2.45, 2.75) is 51.6 Å². The van der Waals surface area contributed by atoms with Crippen molar-refractivity contribution in [1.29, 1.82) is 0 Å². The molecular formula is C28H34N6O3S. The number of benzene rings is 2. The third-order valence-corrected chi connectivity index (χ3v) is 7.64. The van der Waals surface area contributed by atoms with Crippen LogP contribution in [0.1, 0.15) is 68.6 Å². The Morgan fingerprint density at radius 2 is 1.61 bits per heavy atom. The van der Waals surface area contributed by atoms with Crippen LogP contribution in [0.15, 0.2) is 42.5 Å². The summed E-state index contributed by atoms with van der Waals surface area (Å²) in [6, 6.07) is 12.4. The maximum atomic E-state index is 14.2. The number of primary amides is 1. The zero-order valence-electron chi connectivity index (χ0n) is 22.2. The van der Waals surface area contributed by atoms with Crippen LogP contribution in [0.25, 0.3) is 0 Å². The number of anilines is 3. The molecule has 4 rings (SSSR count). The van der Waals surface area contributed by atoms with E-state index in [-0.39, 0.29) is 28.2 Å². The monoisotopic (exact) mass is 534 g/mol. The molecule has 3 aromatic rings. The van der Waals surface area contributed by atoms with Gasteiger partial charge in [-0.25, -0.2) is 0 Å². The molecule has 1 aromatic heterocycles. The Balaban J connectivity index is 1.88. The fourth-order valence-corrected chi connectivity index (χ4v) is 5.68. The number of nitrogens with two attached hydrogens (primary N) is 2. The van der Waals surface area contributed by atoms with Gasteiger partial charge in [0.1, 0.15) is 10.9 Å². The van der Waals surface area contributed by atoms with Crippen LogP contribution in [0.2, 0.25) is 0 Å². The summed E-state index contributed by atoms with van der Waals surface area (Å²) in [6.07, 6.45) is 3.92. The van der Waals surface area contributed by atoms with Gasteiger partial charge < -0.3 is 21.7 Å². The molecule has 1 saturated carbocycles. The van der Waals surface area contributed by atoms with Crippen molar-refractivity contribution in [1.82, 2.24) is 9.69 Å². The van der Waals surface area contributed by atoms with Gasteiger partial charge in [0.2, 0.25) is 5.91 Å². The van der Waals surface area contributed by atoms with Crippen LogP contribution in [0.5, 0.6) is 0 Å². The Kier molecular flexibility index (Phi) is 8.01. The van der Waals surface area contributed by atoms with E-state index < -0.39 is 17.9 Å². The van der Waals surface area contributed by atoms with E-state index in [9.17, 15) is 14.4 Å². The summed E-state index contributed by atoms with van der Waals surface area (Å²) in [4.78, 5) is 43.5. The van der Waals surface area contributed by atoms with Crippen LogP contribution in [0.4, 0.5) is 17.1 Å². The number of rotatable bonds is 8. The summed E-state index contributed by atoms with van der Waals surface area (Å²) in [7, 11) is 3.88. The smallest absolute Gasteiger partial charge is 0.273 e. The normalized spacial score (nSPS) is 14.2. The summed E-state index contributed by atoms with van der Waals surface area (Å²) in [5.74, 6) is -1.62. The summed E-state index contributed by atoms with van der Waals surface area (Å²) in [5, 5.41) is 3.18. The molecule has 9 nitrogen and oxygen atoms in total.